The molecule has 0 spiro atoms. The van der Waals surface area contributed by atoms with Gasteiger partial charge in [0.25, 0.3) is 0 Å². The zero-order chi connectivity index (χ0) is 16.2. The number of benzene rings is 1. The molecule has 0 saturated heterocycles. The highest BCUT2D eigenvalue weighted by Gasteiger charge is 2.30. The van der Waals surface area contributed by atoms with Crippen LogP contribution in [0.25, 0.3) is 0 Å². The standard InChI is InChI=1S/C17H20N4O2/c1-2-16-18-9-13(10-19-16)20-17(23)21-8-7-12-5-3-4-6-14(12)15(21)11-22/h3-6,9-10,15,22H,2,7-8,11H2,1H3,(H,20,23). The van der Waals surface area contributed by atoms with Gasteiger partial charge in [0, 0.05) is 13.0 Å². The van der Waals surface area contributed by atoms with E-state index in [4.69, 9.17) is 0 Å². The largest absolute Gasteiger partial charge is 0.394 e. The van der Waals surface area contributed by atoms with Crippen LogP contribution in [0.5, 0.6) is 0 Å². The number of hydrogen-bond acceptors (Lipinski definition) is 4. The summed E-state index contributed by atoms with van der Waals surface area (Å²) in [6.45, 7) is 2.45. The highest BCUT2D eigenvalue weighted by atomic mass is 16.3. The first-order chi connectivity index (χ1) is 11.2. The van der Waals surface area contributed by atoms with Gasteiger partial charge in [-0.25, -0.2) is 14.8 Å². The summed E-state index contributed by atoms with van der Waals surface area (Å²) in [7, 11) is 0. The Morgan fingerprint density at radius 2 is 2.09 bits per heavy atom. The fourth-order valence-corrected chi connectivity index (χ4v) is 2.89. The summed E-state index contributed by atoms with van der Waals surface area (Å²) < 4.78 is 0. The second-order valence-electron chi connectivity index (χ2n) is 5.51. The third-order valence-electron chi connectivity index (χ3n) is 4.12. The molecule has 1 unspecified atom stereocenters. The van der Waals surface area contributed by atoms with Gasteiger partial charge in [-0.05, 0) is 17.5 Å². The predicted molar refractivity (Wildman–Crippen MR) is 87.1 cm³/mol. The number of aryl methyl sites for hydroxylation is 1. The van der Waals surface area contributed by atoms with Crippen molar-refractivity contribution in [3.8, 4) is 0 Å². The van der Waals surface area contributed by atoms with Crippen LogP contribution in [0.15, 0.2) is 36.7 Å². The molecule has 3 rings (SSSR count). The molecule has 0 saturated carbocycles. The van der Waals surface area contributed by atoms with Crippen LogP contribution in [0.3, 0.4) is 0 Å². The van der Waals surface area contributed by atoms with Crippen molar-refractivity contribution in [2.75, 3.05) is 18.5 Å². The number of aliphatic hydroxyl groups excluding tert-OH is 1. The smallest absolute Gasteiger partial charge is 0.322 e. The Kier molecular flexibility index (Phi) is 4.52. The molecule has 2 aromatic rings. The van der Waals surface area contributed by atoms with Gasteiger partial charge >= 0.3 is 6.03 Å². The Labute approximate surface area is 135 Å². The number of anilines is 1. The number of carbonyl (C=O) groups is 1. The van der Waals surface area contributed by atoms with Gasteiger partial charge in [0.1, 0.15) is 5.82 Å². The lowest BCUT2D eigenvalue weighted by atomic mass is 9.93. The van der Waals surface area contributed by atoms with Crippen LogP contribution in [0, 0.1) is 0 Å². The van der Waals surface area contributed by atoms with Gasteiger partial charge in [0.15, 0.2) is 0 Å². The maximum Gasteiger partial charge on any atom is 0.322 e. The minimum atomic E-state index is -0.323. The third-order valence-corrected chi connectivity index (χ3v) is 4.12. The molecule has 6 heteroatoms. The molecule has 0 fully saturated rings. The van der Waals surface area contributed by atoms with Crippen molar-refractivity contribution in [1.29, 1.82) is 0 Å². The molecule has 2 N–H and O–H groups in total. The Morgan fingerprint density at radius 1 is 1.35 bits per heavy atom. The summed E-state index contributed by atoms with van der Waals surface area (Å²) in [5, 5.41) is 12.6. The van der Waals surface area contributed by atoms with E-state index in [0.717, 1.165) is 24.2 Å². The van der Waals surface area contributed by atoms with E-state index in [2.05, 4.69) is 15.3 Å². The summed E-state index contributed by atoms with van der Waals surface area (Å²) in [4.78, 5) is 22.6. The topological polar surface area (TPSA) is 78.4 Å². The quantitative estimate of drug-likeness (QED) is 0.910. The van der Waals surface area contributed by atoms with Crippen molar-refractivity contribution < 1.29 is 9.90 Å². The van der Waals surface area contributed by atoms with Crippen LogP contribution in [0.2, 0.25) is 0 Å². The molecule has 23 heavy (non-hydrogen) atoms. The van der Waals surface area contributed by atoms with E-state index in [9.17, 15) is 9.90 Å². The number of hydrogen-bond donors (Lipinski definition) is 2. The number of aliphatic hydroxyl groups is 1. The summed E-state index contributed by atoms with van der Waals surface area (Å²) in [6.07, 6.45) is 4.75. The molecular formula is C17H20N4O2. The Morgan fingerprint density at radius 3 is 2.78 bits per heavy atom. The maximum absolute atomic E-state index is 12.5. The molecule has 1 atom stereocenters. The van der Waals surface area contributed by atoms with Gasteiger partial charge in [-0.3, -0.25) is 0 Å². The lowest BCUT2D eigenvalue weighted by molar-refractivity contribution is 0.135. The first kappa shape index (κ1) is 15.4. The van der Waals surface area contributed by atoms with Crippen LogP contribution >= 0.6 is 0 Å². The number of aromatic nitrogens is 2. The minimum Gasteiger partial charge on any atom is -0.394 e. The second kappa shape index (κ2) is 6.75. The number of rotatable bonds is 3. The highest BCUT2D eigenvalue weighted by molar-refractivity contribution is 5.89. The molecule has 2 heterocycles. The average Bonchev–Trinajstić information content (AvgIpc) is 2.61. The van der Waals surface area contributed by atoms with E-state index in [1.807, 2.05) is 31.2 Å². The van der Waals surface area contributed by atoms with Gasteiger partial charge < -0.3 is 15.3 Å². The van der Waals surface area contributed by atoms with Crippen molar-refractivity contribution in [2.45, 2.75) is 25.8 Å². The van der Waals surface area contributed by atoms with E-state index in [0.29, 0.717) is 12.2 Å². The first-order valence-corrected chi connectivity index (χ1v) is 7.80. The Bertz CT molecular complexity index is 687. The summed E-state index contributed by atoms with van der Waals surface area (Å²) in [5.74, 6) is 0.739. The zero-order valence-corrected chi connectivity index (χ0v) is 13.1. The molecule has 1 aliphatic rings. The first-order valence-electron chi connectivity index (χ1n) is 7.80. The minimum absolute atomic E-state index is 0.101. The molecule has 120 valence electrons. The lowest BCUT2D eigenvalue weighted by Crippen LogP contribution is -2.43. The third kappa shape index (κ3) is 3.17. The van der Waals surface area contributed by atoms with Crippen LogP contribution in [0.4, 0.5) is 10.5 Å². The van der Waals surface area contributed by atoms with E-state index in [1.54, 1.807) is 17.3 Å². The molecule has 2 amide bonds. The second-order valence-corrected chi connectivity index (χ2v) is 5.51. The average molecular weight is 312 g/mol. The Hall–Kier alpha value is -2.47. The van der Waals surface area contributed by atoms with Gasteiger partial charge in [-0.1, -0.05) is 31.2 Å². The maximum atomic E-state index is 12.5. The van der Waals surface area contributed by atoms with Crippen molar-refractivity contribution in [1.82, 2.24) is 14.9 Å². The fraction of sp³-hybridized carbons (Fsp3) is 0.353. The van der Waals surface area contributed by atoms with Crippen LogP contribution < -0.4 is 5.32 Å². The van der Waals surface area contributed by atoms with Gasteiger partial charge in [0.2, 0.25) is 0 Å². The summed E-state index contributed by atoms with van der Waals surface area (Å²) in [6, 6.07) is 7.36. The van der Waals surface area contributed by atoms with E-state index < -0.39 is 0 Å². The van der Waals surface area contributed by atoms with E-state index >= 15 is 0 Å². The normalized spacial score (nSPS) is 16.8. The fourth-order valence-electron chi connectivity index (χ4n) is 2.89. The number of nitrogens with zero attached hydrogens (tertiary/aromatic N) is 3. The number of nitrogens with one attached hydrogen (secondary N) is 1. The van der Waals surface area contributed by atoms with E-state index in [1.165, 1.54) is 5.56 Å². The molecule has 0 bridgehead atoms. The monoisotopic (exact) mass is 312 g/mol. The number of carbonyl (C=O) groups excluding carboxylic acids is 1. The van der Waals surface area contributed by atoms with E-state index in [-0.39, 0.29) is 18.7 Å². The van der Waals surface area contributed by atoms with Crippen molar-refractivity contribution >= 4 is 11.7 Å². The molecule has 1 aromatic heterocycles. The SMILES string of the molecule is CCc1ncc(NC(=O)N2CCc3ccccc3C2CO)cn1. The predicted octanol–water partition coefficient (Wildman–Crippen LogP) is 2.16. The molecule has 0 aliphatic carbocycles. The lowest BCUT2D eigenvalue weighted by Gasteiger charge is -2.36. The molecule has 6 nitrogen and oxygen atoms in total. The van der Waals surface area contributed by atoms with Crippen LogP contribution in [-0.4, -0.2) is 39.2 Å². The van der Waals surface area contributed by atoms with Crippen molar-refractivity contribution in [2.24, 2.45) is 0 Å². The summed E-state index contributed by atoms with van der Waals surface area (Å²) >= 11 is 0. The van der Waals surface area contributed by atoms with Gasteiger partial charge in [-0.2, -0.15) is 0 Å². The van der Waals surface area contributed by atoms with Crippen LogP contribution in [0.1, 0.15) is 29.9 Å². The number of amides is 2. The molecular weight excluding hydrogens is 292 g/mol. The molecule has 1 aromatic carbocycles. The van der Waals surface area contributed by atoms with Gasteiger partial charge in [-0.15, -0.1) is 0 Å². The van der Waals surface area contributed by atoms with Crippen molar-refractivity contribution in [3.05, 3.63) is 53.6 Å². The molecule has 0 radical (unpaired) electrons. The highest BCUT2D eigenvalue weighted by Crippen LogP contribution is 2.29. The zero-order valence-electron chi connectivity index (χ0n) is 13.1. The van der Waals surface area contributed by atoms with Gasteiger partial charge in [0.05, 0.1) is 30.7 Å². The Balaban J connectivity index is 1.76. The number of fused-ring (bicyclic) bond motifs is 1. The van der Waals surface area contributed by atoms with Crippen LogP contribution in [-0.2, 0) is 12.8 Å². The number of urea groups is 1. The molecule has 1 aliphatic heterocycles. The van der Waals surface area contributed by atoms with Crippen molar-refractivity contribution in [3.63, 3.8) is 0 Å². The summed E-state index contributed by atoms with van der Waals surface area (Å²) in [5.41, 5.74) is 2.75.